The molecule has 0 saturated carbocycles. The smallest absolute Gasteiger partial charge is 0.270 e. The Morgan fingerprint density at radius 2 is 1.65 bits per heavy atom. The van der Waals surface area contributed by atoms with Crippen molar-refractivity contribution in [3.8, 4) is 28.5 Å². The molecule has 0 spiro atoms. The number of carbonyl (C=O) groups excluding carboxylic acids is 1. The van der Waals surface area contributed by atoms with Crippen molar-refractivity contribution in [1.82, 2.24) is 4.98 Å². The first kappa shape index (κ1) is 23.9. The van der Waals surface area contributed by atoms with Crippen molar-refractivity contribution in [2.24, 2.45) is 0 Å². The first-order chi connectivity index (χ1) is 18.0. The number of nitro groups is 1. The molecule has 178 valence electrons. The molecule has 1 heterocycles. The molecule has 4 aromatic carbocycles. The van der Waals surface area contributed by atoms with Gasteiger partial charge in [-0.05, 0) is 29.0 Å². The molecule has 8 heteroatoms. The summed E-state index contributed by atoms with van der Waals surface area (Å²) in [7, 11) is 0. The Balaban J connectivity index is 1.77. The first-order valence-electron chi connectivity index (χ1n) is 11.1. The molecule has 0 aliphatic heterocycles. The summed E-state index contributed by atoms with van der Waals surface area (Å²) in [6.07, 6.45) is 0.522. The van der Waals surface area contributed by atoms with E-state index in [0.29, 0.717) is 22.4 Å². The maximum absolute atomic E-state index is 14.9. The molecule has 1 aromatic heterocycles. The van der Waals surface area contributed by atoms with Crippen LogP contribution in [-0.4, -0.2) is 16.2 Å². The predicted molar refractivity (Wildman–Crippen MR) is 140 cm³/mol. The van der Waals surface area contributed by atoms with Crippen LogP contribution in [0.4, 0.5) is 10.1 Å². The Labute approximate surface area is 215 Å². The number of fused-ring (bicyclic) bond motifs is 1. The molecule has 6 nitrogen and oxygen atoms in total. The molecule has 37 heavy (non-hydrogen) atoms. The van der Waals surface area contributed by atoms with Crippen LogP contribution in [-0.2, 0) is 0 Å². The van der Waals surface area contributed by atoms with Crippen LogP contribution in [0.1, 0.15) is 15.9 Å². The number of nitro benzene ring substituents is 1. The van der Waals surface area contributed by atoms with E-state index in [2.05, 4.69) is 6.07 Å². The van der Waals surface area contributed by atoms with Crippen LogP contribution in [0.2, 0.25) is 0 Å². The van der Waals surface area contributed by atoms with Gasteiger partial charge in [0, 0.05) is 39.3 Å². The summed E-state index contributed by atoms with van der Waals surface area (Å²) in [5, 5.41) is 23.5. The lowest BCUT2D eigenvalue weighted by molar-refractivity contribution is -0.384. The number of carbonyl (C=O) groups is 1. The molecule has 0 radical (unpaired) electrons. The Bertz CT molecular complexity index is 1740. The van der Waals surface area contributed by atoms with Gasteiger partial charge in [-0.1, -0.05) is 72.4 Å². The van der Waals surface area contributed by atoms with Gasteiger partial charge in [-0.15, -0.1) is 0 Å². The van der Waals surface area contributed by atoms with E-state index < -0.39 is 10.7 Å². The third kappa shape index (κ3) is 4.56. The quantitative estimate of drug-likeness (QED) is 0.135. The van der Waals surface area contributed by atoms with Crippen LogP contribution in [0.5, 0.6) is 0 Å². The van der Waals surface area contributed by atoms with E-state index in [0.717, 1.165) is 28.1 Å². The van der Waals surface area contributed by atoms with Crippen LogP contribution in [0.3, 0.4) is 0 Å². The first-order valence-corrected chi connectivity index (χ1v) is 11.9. The molecular formula is C29H16FN3O3S. The van der Waals surface area contributed by atoms with E-state index >= 15 is 0 Å². The number of halogens is 1. The topological polar surface area (TPSA) is 96.9 Å². The Morgan fingerprint density at radius 1 is 0.919 bits per heavy atom. The largest absolute Gasteiger partial charge is 0.298 e. The minimum Gasteiger partial charge on any atom is -0.298 e. The van der Waals surface area contributed by atoms with Crippen molar-refractivity contribution in [2.45, 2.75) is 9.92 Å². The lowest BCUT2D eigenvalue weighted by Crippen LogP contribution is -1.98. The summed E-state index contributed by atoms with van der Waals surface area (Å²) in [6, 6.07) is 27.5. The normalized spacial score (nSPS) is 10.7. The summed E-state index contributed by atoms with van der Waals surface area (Å²) in [6.45, 7) is 0. The van der Waals surface area contributed by atoms with Crippen molar-refractivity contribution in [1.29, 1.82) is 5.26 Å². The van der Waals surface area contributed by atoms with Gasteiger partial charge in [-0.2, -0.15) is 5.26 Å². The zero-order valence-electron chi connectivity index (χ0n) is 19.1. The number of hydrogen-bond donors (Lipinski definition) is 0. The average Bonchev–Trinajstić information content (AvgIpc) is 2.92. The van der Waals surface area contributed by atoms with Crippen LogP contribution >= 0.6 is 11.8 Å². The van der Waals surface area contributed by atoms with E-state index in [1.807, 2.05) is 42.5 Å². The maximum Gasteiger partial charge on any atom is 0.270 e. The molecule has 5 aromatic rings. The van der Waals surface area contributed by atoms with Gasteiger partial charge >= 0.3 is 0 Å². The van der Waals surface area contributed by atoms with Gasteiger partial charge in [0.1, 0.15) is 16.9 Å². The van der Waals surface area contributed by atoms with E-state index in [1.54, 1.807) is 24.3 Å². The summed E-state index contributed by atoms with van der Waals surface area (Å²) in [5.74, 6) is -0.492. The lowest BCUT2D eigenvalue weighted by atomic mass is 9.96. The Hall–Kier alpha value is -4.87. The molecule has 0 bridgehead atoms. The number of pyridine rings is 1. The van der Waals surface area contributed by atoms with E-state index in [1.165, 1.54) is 24.3 Å². The van der Waals surface area contributed by atoms with Gasteiger partial charge in [0.2, 0.25) is 0 Å². The molecule has 5 rings (SSSR count). The van der Waals surface area contributed by atoms with Gasteiger partial charge in [0.25, 0.3) is 5.69 Å². The van der Waals surface area contributed by atoms with Crippen molar-refractivity contribution in [3.63, 3.8) is 0 Å². The highest BCUT2D eigenvalue weighted by molar-refractivity contribution is 7.99. The van der Waals surface area contributed by atoms with Crippen molar-refractivity contribution < 1.29 is 14.1 Å². The van der Waals surface area contributed by atoms with E-state index in [9.17, 15) is 24.6 Å². The highest BCUT2D eigenvalue weighted by Gasteiger charge is 2.21. The molecule has 0 aliphatic carbocycles. The molecular weight excluding hydrogens is 489 g/mol. The van der Waals surface area contributed by atoms with Crippen LogP contribution < -0.4 is 0 Å². The molecule has 0 saturated heterocycles. The second-order valence-electron chi connectivity index (χ2n) is 8.05. The van der Waals surface area contributed by atoms with Crippen molar-refractivity contribution >= 4 is 34.5 Å². The monoisotopic (exact) mass is 505 g/mol. The zero-order valence-corrected chi connectivity index (χ0v) is 19.9. The lowest BCUT2D eigenvalue weighted by Gasteiger charge is -2.15. The molecule has 0 fully saturated rings. The second kappa shape index (κ2) is 10.0. The fourth-order valence-electron chi connectivity index (χ4n) is 4.12. The van der Waals surface area contributed by atoms with Crippen molar-refractivity contribution in [2.75, 3.05) is 0 Å². The molecule has 0 N–H and O–H groups in total. The molecule has 0 amide bonds. The van der Waals surface area contributed by atoms with Gasteiger partial charge < -0.3 is 0 Å². The second-order valence-corrected chi connectivity index (χ2v) is 9.08. The summed E-state index contributed by atoms with van der Waals surface area (Å²) < 4.78 is 14.9. The SMILES string of the molecule is N#Cc1c(-c2ccccc2F)cc(-c2cccc3ccccc23)nc1Sc1ccc([N+](=O)[O-])cc1C=O. The summed E-state index contributed by atoms with van der Waals surface area (Å²) in [4.78, 5) is 27.5. The highest BCUT2D eigenvalue weighted by atomic mass is 32.2. The maximum atomic E-state index is 14.9. The molecule has 0 unspecified atom stereocenters. The minimum atomic E-state index is -0.585. The average molecular weight is 506 g/mol. The Kier molecular flexibility index (Phi) is 6.45. The van der Waals surface area contributed by atoms with Gasteiger partial charge in [0.15, 0.2) is 6.29 Å². The number of non-ortho nitro benzene ring substituents is 1. The summed E-state index contributed by atoms with van der Waals surface area (Å²) >= 11 is 1.03. The van der Waals surface area contributed by atoms with Gasteiger partial charge in [-0.25, -0.2) is 9.37 Å². The third-order valence-electron chi connectivity index (χ3n) is 5.87. The Morgan fingerprint density at radius 3 is 2.41 bits per heavy atom. The van der Waals surface area contributed by atoms with Crippen LogP contribution in [0.25, 0.3) is 33.2 Å². The molecule has 0 atom stereocenters. The predicted octanol–water partition coefficient (Wildman–Crippen LogP) is 7.45. The van der Waals surface area contributed by atoms with Crippen LogP contribution in [0, 0.1) is 27.3 Å². The zero-order chi connectivity index (χ0) is 25.9. The number of aromatic nitrogens is 1. The summed E-state index contributed by atoms with van der Waals surface area (Å²) in [5.41, 5.74) is 1.91. The van der Waals surface area contributed by atoms with E-state index in [-0.39, 0.29) is 27.4 Å². The number of nitriles is 1. The number of rotatable bonds is 6. The van der Waals surface area contributed by atoms with Crippen LogP contribution in [0.15, 0.2) is 101 Å². The highest BCUT2D eigenvalue weighted by Crippen LogP contribution is 2.40. The molecule has 0 aliphatic rings. The number of nitrogens with zero attached hydrogens (tertiary/aromatic N) is 3. The number of hydrogen-bond acceptors (Lipinski definition) is 6. The van der Waals surface area contributed by atoms with Crippen molar-refractivity contribution in [3.05, 3.63) is 118 Å². The van der Waals surface area contributed by atoms with E-state index in [4.69, 9.17) is 4.98 Å². The number of aldehydes is 1. The van der Waals surface area contributed by atoms with Gasteiger partial charge in [-0.3, -0.25) is 14.9 Å². The fourth-order valence-corrected chi connectivity index (χ4v) is 5.09. The van der Waals surface area contributed by atoms with Gasteiger partial charge in [0.05, 0.1) is 16.2 Å². The fraction of sp³-hybridized carbons (Fsp3) is 0. The standard InChI is InChI=1S/C29H16FN3O3S/c30-26-11-4-3-9-22(26)24-15-27(23-10-5-7-18-6-1-2-8-21(18)23)32-29(25(24)16-31)37-28-13-12-20(33(35)36)14-19(28)17-34/h1-15,17H. The minimum absolute atomic E-state index is 0.0906. The third-order valence-corrected chi connectivity index (χ3v) is 6.95. The number of benzene rings is 4.